The second-order valence-electron chi connectivity index (χ2n) is 1.64. The normalized spacial score (nSPS) is 9.44. The van der Waals surface area contributed by atoms with Gasteiger partial charge in [0.25, 0.3) is 0 Å². The average Bonchev–Trinajstić information content (AvgIpc) is 2.34. The molecule has 1 N–H and O–H groups in total. The molecule has 3 nitrogen and oxygen atoms in total. The Morgan fingerprint density at radius 3 is 3.22 bits per heavy atom. The van der Waals surface area contributed by atoms with E-state index in [2.05, 4.69) is 28.0 Å². The summed E-state index contributed by atoms with van der Waals surface area (Å²) in [6.45, 7) is 3.09. The van der Waals surface area contributed by atoms with Crippen LogP contribution in [0.2, 0.25) is 0 Å². The fourth-order valence-electron chi connectivity index (χ4n) is 0.458. The molecule has 4 heteroatoms. The predicted octanol–water partition coefficient (Wildman–Crippen LogP) is 1.16. The van der Waals surface area contributed by atoms with Gasteiger partial charge in [-0.3, -0.25) is 0 Å². The third-order valence-corrected chi connectivity index (χ3v) is 1.44. The summed E-state index contributed by atoms with van der Waals surface area (Å²) in [5.74, 6) is 0. The van der Waals surface area contributed by atoms with Gasteiger partial charge in [-0.15, -0.1) is 5.10 Å². The summed E-state index contributed by atoms with van der Waals surface area (Å²) in [6, 6.07) is 0. The molecule has 49 valence electrons. The summed E-state index contributed by atoms with van der Waals surface area (Å²) in [5, 5.41) is 7.60. The second kappa shape index (κ2) is 3.40. The molecule has 0 aromatic carbocycles. The molecule has 1 heterocycles. The first-order valence-corrected chi connectivity index (χ1v) is 3.64. The van der Waals surface area contributed by atoms with Crippen LogP contribution < -0.4 is 5.32 Å². The van der Waals surface area contributed by atoms with Crippen molar-refractivity contribution in [3.63, 3.8) is 0 Å². The van der Waals surface area contributed by atoms with Gasteiger partial charge < -0.3 is 5.32 Å². The average molecular weight is 142 g/mol. The van der Waals surface area contributed by atoms with E-state index in [0.717, 1.165) is 18.0 Å². The van der Waals surface area contributed by atoms with Crippen LogP contribution in [0.1, 0.15) is 13.3 Å². The van der Waals surface area contributed by atoms with Gasteiger partial charge in [0.2, 0.25) is 0 Å². The van der Waals surface area contributed by atoms with E-state index in [1.807, 2.05) is 0 Å². The molecule has 0 aliphatic heterocycles. The molecule has 1 rings (SSSR count). The fourth-order valence-corrected chi connectivity index (χ4v) is 0.869. The summed E-state index contributed by atoms with van der Waals surface area (Å²) >= 11 is 1.34. The highest BCUT2D eigenvalue weighted by molar-refractivity contribution is 7.09. The molecule has 0 saturated carbocycles. The topological polar surface area (TPSA) is 37.8 Å². The van der Waals surface area contributed by atoms with E-state index in [-0.39, 0.29) is 0 Å². The van der Waals surface area contributed by atoms with Crippen molar-refractivity contribution in [1.29, 1.82) is 0 Å². The Morgan fingerprint density at radius 2 is 2.67 bits per heavy atom. The van der Waals surface area contributed by atoms with Crippen LogP contribution in [-0.4, -0.2) is 16.1 Å². The van der Waals surface area contributed by atoms with Crippen molar-refractivity contribution in [3.8, 4) is 0 Å². The van der Waals surface area contributed by atoms with Crippen molar-refractivity contribution in [2.75, 3.05) is 11.9 Å². The number of anilines is 1. The lowest BCUT2D eigenvalue weighted by Crippen LogP contribution is -1.96. The fraction of sp³-hybridized carbons (Fsp3) is 0.600. The summed E-state index contributed by atoms with van der Waals surface area (Å²) < 4.78 is 3.65. The SMILES string of the molecule is CCCNc1[c]nns1. The maximum Gasteiger partial charge on any atom is 0.152 e. The zero-order valence-corrected chi connectivity index (χ0v) is 6.03. The number of nitrogens with zero attached hydrogens (tertiary/aromatic N) is 2. The third kappa shape index (κ3) is 1.97. The quantitative estimate of drug-likeness (QED) is 0.688. The first-order valence-electron chi connectivity index (χ1n) is 2.87. The highest BCUT2D eigenvalue weighted by Gasteiger charge is 1.90. The molecule has 1 aromatic heterocycles. The third-order valence-electron chi connectivity index (χ3n) is 0.860. The lowest BCUT2D eigenvalue weighted by Gasteiger charge is -1.94. The zero-order valence-electron chi connectivity index (χ0n) is 5.22. The molecule has 0 saturated heterocycles. The Morgan fingerprint density at radius 1 is 1.78 bits per heavy atom. The predicted molar refractivity (Wildman–Crippen MR) is 37.5 cm³/mol. The lowest BCUT2D eigenvalue weighted by atomic mass is 10.5. The van der Waals surface area contributed by atoms with Gasteiger partial charge in [0.05, 0.1) is 0 Å². The number of hydrogen-bond acceptors (Lipinski definition) is 4. The minimum atomic E-state index is 0.928. The molecule has 0 amide bonds. The Hall–Kier alpha value is -0.640. The van der Waals surface area contributed by atoms with Crippen LogP contribution in [-0.2, 0) is 0 Å². The van der Waals surface area contributed by atoms with E-state index in [4.69, 9.17) is 0 Å². The first kappa shape index (κ1) is 6.48. The van der Waals surface area contributed by atoms with Crippen LogP contribution in [0.3, 0.4) is 0 Å². The summed E-state index contributed by atoms with van der Waals surface area (Å²) in [5.41, 5.74) is 0. The molecule has 0 fully saturated rings. The summed E-state index contributed by atoms with van der Waals surface area (Å²) in [6.07, 6.45) is 3.84. The van der Waals surface area contributed by atoms with Crippen LogP contribution in [0.4, 0.5) is 5.00 Å². The number of aromatic nitrogens is 2. The van der Waals surface area contributed by atoms with Gasteiger partial charge in [0, 0.05) is 18.1 Å². The molecule has 0 spiro atoms. The smallest absolute Gasteiger partial charge is 0.152 e. The molecular formula is C5H8N3S. The molecule has 0 bridgehead atoms. The largest absolute Gasteiger partial charge is 0.374 e. The molecular weight excluding hydrogens is 134 g/mol. The number of rotatable bonds is 3. The van der Waals surface area contributed by atoms with E-state index in [9.17, 15) is 0 Å². The molecule has 0 aliphatic rings. The molecule has 9 heavy (non-hydrogen) atoms. The Labute approximate surface area is 58.3 Å². The van der Waals surface area contributed by atoms with Gasteiger partial charge in [0.1, 0.15) is 5.00 Å². The Balaban J connectivity index is 2.30. The van der Waals surface area contributed by atoms with Crippen LogP contribution in [0, 0.1) is 6.20 Å². The number of nitrogens with one attached hydrogen (secondary N) is 1. The molecule has 1 radical (unpaired) electrons. The van der Waals surface area contributed by atoms with Crippen molar-refractivity contribution in [2.45, 2.75) is 13.3 Å². The first-order chi connectivity index (χ1) is 4.43. The zero-order chi connectivity index (χ0) is 6.53. The summed E-state index contributed by atoms with van der Waals surface area (Å²) in [4.78, 5) is 0. The standard InChI is InChI=1S/C5H8N3S/c1-2-3-6-5-4-7-8-9-5/h6H,2-3H2,1H3. The molecule has 1 aromatic rings. The Kier molecular flexibility index (Phi) is 2.45. The van der Waals surface area contributed by atoms with E-state index in [1.54, 1.807) is 0 Å². The maximum absolute atomic E-state index is 3.65. The van der Waals surface area contributed by atoms with E-state index >= 15 is 0 Å². The van der Waals surface area contributed by atoms with Crippen LogP contribution in [0.25, 0.3) is 0 Å². The van der Waals surface area contributed by atoms with Crippen molar-refractivity contribution >= 4 is 16.5 Å². The molecule has 0 atom stereocenters. The van der Waals surface area contributed by atoms with Gasteiger partial charge in [-0.25, -0.2) is 0 Å². The highest BCUT2D eigenvalue weighted by atomic mass is 32.1. The minimum Gasteiger partial charge on any atom is -0.374 e. The maximum atomic E-state index is 3.65. The van der Waals surface area contributed by atoms with Crippen LogP contribution in [0.5, 0.6) is 0 Å². The van der Waals surface area contributed by atoms with Crippen molar-refractivity contribution in [2.24, 2.45) is 0 Å². The van der Waals surface area contributed by atoms with Crippen LogP contribution in [0.15, 0.2) is 0 Å². The van der Waals surface area contributed by atoms with Crippen molar-refractivity contribution in [3.05, 3.63) is 6.20 Å². The van der Waals surface area contributed by atoms with Crippen molar-refractivity contribution < 1.29 is 0 Å². The van der Waals surface area contributed by atoms with Gasteiger partial charge in [0.15, 0.2) is 6.20 Å². The van der Waals surface area contributed by atoms with E-state index < -0.39 is 0 Å². The molecule has 0 aliphatic carbocycles. The van der Waals surface area contributed by atoms with Gasteiger partial charge >= 0.3 is 0 Å². The van der Waals surface area contributed by atoms with Gasteiger partial charge in [-0.1, -0.05) is 11.4 Å². The summed E-state index contributed by atoms with van der Waals surface area (Å²) in [7, 11) is 0. The van der Waals surface area contributed by atoms with Gasteiger partial charge in [-0.05, 0) is 6.42 Å². The lowest BCUT2D eigenvalue weighted by molar-refractivity contribution is 0.982. The Bertz CT molecular complexity index is 149. The van der Waals surface area contributed by atoms with E-state index in [1.165, 1.54) is 11.5 Å². The molecule has 0 unspecified atom stereocenters. The van der Waals surface area contributed by atoms with Gasteiger partial charge in [-0.2, -0.15) is 0 Å². The monoisotopic (exact) mass is 142 g/mol. The second-order valence-corrected chi connectivity index (χ2v) is 2.39. The highest BCUT2D eigenvalue weighted by Crippen LogP contribution is 2.06. The minimum absolute atomic E-state index is 0.928. The van der Waals surface area contributed by atoms with Crippen LogP contribution >= 0.6 is 11.5 Å². The number of hydrogen-bond donors (Lipinski definition) is 1. The van der Waals surface area contributed by atoms with Crippen molar-refractivity contribution in [1.82, 2.24) is 9.59 Å². The van der Waals surface area contributed by atoms with E-state index in [0.29, 0.717) is 0 Å².